The van der Waals surface area contributed by atoms with E-state index in [-0.39, 0.29) is 5.78 Å². The lowest BCUT2D eigenvalue weighted by Crippen LogP contribution is -2.23. The first kappa shape index (κ1) is 15.4. The molecule has 0 bridgehead atoms. The zero-order chi connectivity index (χ0) is 13.0. The van der Waals surface area contributed by atoms with Crippen molar-refractivity contribution in [2.24, 2.45) is 0 Å². The third-order valence-electron chi connectivity index (χ3n) is 2.29. The molecule has 0 aromatic heterocycles. The van der Waals surface area contributed by atoms with E-state index in [9.17, 15) is 4.79 Å². The molecule has 0 aliphatic rings. The summed E-state index contributed by atoms with van der Waals surface area (Å²) < 4.78 is 0. The van der Waals surface area contributed by atoms with Crippen molar-refractivity contribution in [2.75, 3.05) is 0 Å². The van der Waals surface area contributed by atoms with Crippen molar-refractivity contribution in [1.82, 2.24) is 0 Å². The van der Waals surface area contributed by atoms with Gasteiger partial charge in [-0.15, -0.1) is 12.1 Å². The van der Waals surface area contributed by atoms with Crippen molar-refractivity contribution >= 4 is 21.9 Å². The SMILES string of the molecule is C=C(CCC(=O)C#C[Si](C)(C)C)[Si](C)(C)C. The van der Waals surface area contributed by atoms with Gasteiger partial charge in [0, 0.05) is 6.42 Å². The summed E-state index contributed by atoms with van der Waals surface area (Å²) in [5.41, 5.74) is 3.11. The van der Waals surface area contributed by atoms with E-state index in [1.807, 2.05) is 0 Å². The number of carbonyl (C=O) groups excluding carboxylic acids is 1. The molecule has 3 heteroatoms. The first-order chi connectivity index (χ1) is 7.02. The summed E-state index contributed by atoms with van der Waals surface area (Å²) in [7, 11) is -2.68. The maximum Gasteiger partial charge on any atom is 0.205 e. The molecule has 1 nitrogen and oxygen atoms in total. The minimum absolute atomic E-state index is 0.0711. The Morgan fingerprint density at radius 2 is 1.56 bits per heavy atom. The van der Waals surface area contributed by atoms with Crippen LogP contribution >= 0.6 is 0 Å². The topological polar surface area (TPSA) is 17.1 Å². The van der Waals surface area contributed by atoms with E-state index in [4.69, 9.17) is 0 Å². The summed E-state index contributed by atoms with van der Waals surface area (Å²) >= 11 is 0. The van der Waals surface area contributed by atoms with Gasteiger partial charge in [0.2, 0.25) is 5.78 Å². The Bertz CT molecular complexity index is 332. The summed E-state index contributed by atoms with van der Waals surface area (Å²) in [6.07, 6.45) is 1.36. The zero-order valence-electron chi connectivity index (χ0n) is 11.5. The Labute approximate surface area is 102 Å². The van der Waals surface area contributed by atoms with Crippen LogP contribution in [0.15, 0.2) is 11.8 Å². The van der Waals surface area contributed by atoms with Crippen LogP contribution in [0.5, 0.6) is 0 Å². The molecule has 0 saturated heterocycles. The van der Waals surface area contributed by atoms with Gasteiger partial charge in [-0.05, 0) is 12.3 Å². The van der Waals surface area contributed by atoms with Gasteiger partial charge in [0.15, 0.2) is 0 Å². The fourth-order valence-corrected chi connectivity index (χ4v) is 2.35. The van der Waals surface area contributed by atoms with Crippen molar-refractivity contribution in [3.05, 3.63) is 11.8 Å². The minimum atomic E-state index is -1.41. The van der Waals surface area contributed by atoms with Gasteiger partial charge in [-0.1, -0.05) is 44.5 Å². The fourth-order valence-electron chi connectivity index (χ4n) is 0.959. The van der Waals surface area contributed by atoms with Gasteiger partial charge in [-0.2, -0.15) is 0 Å². The van der Waals surface area contributed by atoms with Crippen molar-refractivity contribution < 1.29 is 4.79 Å². The number of carbonyl (C=O) groups is 1. The highest BCUT2D eigenvalue weighted by atomic mass is 28.3. The fraction of sp³-hybridized carbons (Fsp3) is 0.615. The molecule has 0 N–H and O–H groups in total. The van der Waals surface area contributed by atoms with Gasteiger partial charge in [0.25, 0.3) is 0 Å². The van der Waals surface area contributed by atoms with Crippen LogP contribution in [0.4, 0.5) is 0 Å². The molecule has 0 aromatic rings. The number of rotatable bonds is 4. The van der Waals surface area contributed by atoms with Crippen LogP contribution in [0.1, 0.15) is 12.8 Å². The van der Waals surface area contributed by atoms with Crippen LogP contribution in [0, 0.1) is 11.5 Å². The average Bonchev–Trinajstić information content (AvgIpc) is 2.08. The Morgan fingerprint density at radius 3 is 1.94 bits per heavy atom. The smallest absolute Gasteiger partial charge is 0.205 e. The zero-order valence-corrected chi connectivity index (χ0v) is 13.5. The largest absolute Gasteiger partial charge is 0.285 e. The third-order valence-corrected chi connectivity index (χ3v) is 5.54. The Kier molecular flexibility index (Phi) is 5.44. The monoisotopic (exact) mass is 252 g/mol. The maximum absolute atomic E-state index is 11.5. The van der Waals surface area contributed by atoms with Crippen LogP contribution in [-0.2, 0) is 4.79 Å². The second kappa shape index (κ2) is 5.65. The van der Waals surface area contributed by atoms with Crippen LogP contribution in [0.25, 0.3) is 0 Å². The van der Waals surface area contributed by atoms with Crippen molar-refractivity contribution in [2.45, 2.75) is 52.1 Å². The number of Topliss-reactive ketones (excluding diaryl/α,β-unsaturated/α-hetero) is 1. The molecule has 0 amide bonds. The molecule has 16 heavy (non-hydrogen) atoms. The predicted molar refractivity (Wildman–Crippen MR) is 77.8 cm³/mol. The van der Waals surface area contributed by atoms with Crippen molar-refractivity contribution in [1.29, 1.82) is 0 Å². The van der Waals surface area contributed by atoms with Crippen molar-refractivity contribution in [3.8, 4) is 11.5 Å². The standard InChI is InChI=1S/C13H24OSi2/c1-12(16(5,6)7)8-9-13(14)10-11-15(2,3)4/h1,8-9H2,2-7H3. The summed E-state index contributed by atoms with van der Waals surface area (Å²) in [6.45, 7) is 17.3. The summed E-state index contributed by atoms with van der Waals surface area (Å²) in [4.78, 5) is 11.5. The number of ketones is 1. The molecule has 0 spiro atoms. The minimum Gasteiger partial charge on any atom is -0.285 e. The number of allylic oxidation sites excluding steroid dienone is 1. The van der Waals surface area contributed by atoms with Crippen LogP contribution in [0.3, 0.4) is 0 Å². The molecule has 0 aromatic carbocycles. The van der Waals surface area contributed by atoms with E-state index >= 15 is 0 Å². The molecule has 0 atom stereocenters. The van der Waals surface area contributed by atoms with Gasteiger partial charge in [-0.25, -0.2) is 0 Å². The Hall–Kier alpha value is -0.596. The highest BCUT2D eigenvalue weighted by molar-refractivity contribution is 6.84. The van der Waals surface area contributed by atoms with E-state index in [1.165, 1.54) is 5.20 Å². The van der Waals surface area contributed by atoms with Gasteiger partial charge in [0.1, 0.15) is 8.07 Å². The molecular weight excluding hydrogens is 228 g/mol. The molecule has 0 heterocycles. The van der Waals surface area contributed by atoms with E-state index in [0.29, 0.717) is 6.42 Å². The molecule has 0 radical (unpaired) electrons. The van der Waals surface area contributed by atoms with E-state index < -0.39 is 16.1 Å². The lowest BCUT2D eigenvalue weighted by atomic mass is 10.2. The third kappa shape index (κ3) is 7.66. The van der Waals surface area contributed by atoms with Crippen LogP contribution in [0.2, 0.25) is 39.3 Å². The lowest BCUT2D eigenvalue weighted by Gasteiger charge is -2.18. The van der Waals surface area contributed by atoms with E-state index in [2.05, 4.69) is 57.3 Å². The second-order valence-electron chi connectivity index (χ2n) is 6.28. The van der Waals surface area contributed by atoms with Crippen LogP contribution < -0.4 is 0 Å². The van der Waals surface area contributed by atoms with Crippen LogP contribution in [-0.4, -0.2) is 21.9 Å². The summed E-state index contributed by atoms with van der Waals surface area (Å²) in [5, 5.41) is 1.26. The van der Waals surface area contributed by atoms with E-state index in [0.717, 1.165) is 6.42 Å². The van der Waals surface area contributed by atoms with Gasteiger partial charge >= 0.3 is 0 Å². The molecule has 0 aliphatic carbocycles. The molecule has 0 fully saturated rings. The first-order valence-corrected chi connectivity index (χ1v) is 12.8. The molecule has 0 aliphatic heterocycles. The van der Waals surface area contributed by atoms with Crippen molar-refractivity contribution in [3.63, 3.8) is 0 Å². The predicted octanol–water partition coefficient (Wildman–Crippen LogP) is 3.65. The average molecular weight is 253 g/mol. The first-order valence-electron chi connectivity index (χ1n) is 5.76. The molecular formula is C13H24OSi2. The molecule has 0 unspecified atom stereocenters. The summed E-state index contributed by atoms with van der Waals surface area (Å²) in [6, 6.07) is 0. The maximum atomic E-state index is 11.5. The van der Waals surface area contributed by atoms with Gasteiger partial charge in [0.05, 0.1) is 8.07 Å². The lowest BCUT2D eigenvalue weighted by molar-refractivity contribution is -0.113. The Morgan fingerprint density at radius 1 is 1.06 bits per heavy atom. The molecule has 0 rings (SSSR count). The normalized spacial score (nSPS) is 11.6. The highest BCUT2D eigenvalue weighted by Gasteiger charge is 2.17. The molecule has 0 saturated carbocycles. The van der Waals surface area contributed by atoms with Gasteiger partial charge in [-0.3, -0.25) is 4.79 Å². The number of hydrogen-bond acceptors (Lipinski definition) is 1. The number of hydrogen-bond donors (Lipinski definition) is 0. The Balaban J connectivity index is 4.19. The summed E-state index contributed by atoms with van der Waals surface area (Å²) in [5.74, 6) is 2.85. The van der Waals surface area contributed by atoms with Gasteiger partial charge < -0.3 is 0 Å². The van der Waals surface area contributed by atoms with E-state index in [1.54, 1.807) is 0 Å². The highest BCUT2D eigenvalue weighted by Crippen LogP contribution is 2.17. The second-order valence-corrected chi connectivity index (χ2v) is 16.2. The molecule has 90 valence electrons. The quantitative estimate of drug-likeness (QED) is 0.551.